The van der Waals surface area contributed by atoms with Crippen LogP contribution in [0.1, 0.15) is 5.56 Å². The summed E-state index contributed by atoms with van der Waals surface area (Å²) in [5.41, 5.74) is 0.727. The highest BCUT2D eigenvalue weighted by atomic mass is 32.2. The predicted octanol–water partition coefficient (Wildman–Crippen LogP) is 1.63. The smallest absolute Gasteiger partial charge is 0.269 e. The first-order chi connectivity index (χ1) is 7.16. The van der Waals surface area contributed by atoms with E-state index in [0.717, 1.165) is 0 Å². The van der Waals surface area contributed by atoms with Crippen LogP contribution in [-0.4, -0.2) is 15.1 Å². The van der Waals surface area contributed by atoms with E-state index in [4.69, 9.17) is 4.74 Å². The molecule has 1 aliphatic rings. The maximum absolute atomic E-state index is 11.0. The molecule has 0 aromatic heterocycles. The maximum Gasteiger partial charge on any atom is 0.269 e. The number of ether oxygens (including phenoxy) is 1. The summed E-state index contributed by atoms with van der Waals surface area (Å²) in [5.74, 6) is 0.676. The van der Waals surface area contributed by atoms with Crippen LogP contribution < -0.4 is 0 Å². The third-order valence-corrected chi connectivity index (χ3v) is 2.76. The fraction of sp³-hybridized carbons (Fsp3) is 0.111. The molecule has 0 fully saturated rings. The van der Waals surface area contributed by atoms with Crippen LogP contribution >= 0.6 is 0 Å². The summed E-state index contributed by atoms with van der Waals surface area (Å²) in [6.07, 6.45) is 0. The van der Waals surface area contributed by atoms with Gasteiger partial charge in [-0.1, -0.05) is 0 Å². The molecule has 1 aliphatic heterocycles. The minimum atomic E-state index is -1.09. The summed E-state index contributed by atoms with van der Waals surface area (Å²) in [7, 11) is -1.09. The Morgan fingerprint density at radius 2 is 2.00 bits per heavy atom. The molecule has 6 heteroatoms. The van der Waals surface area contributed by atoms with E-state index in [9.17, 15) is 14.3 Å². The summed E-state index contributed by atoms with van der Waals surface area (Å²) in [6, 6.07) is 5.93. The molecule has 1 aromatic rings. The molecule has 1 atom stereocenters. The summed E-state index contributed by atoms with van der Waals surface area (Å²) in [4.78, 5) is 9.93. The second-order valence-electron chi connectivity index (χ2n) is 2.93. The summed E-state index contributed by atoms with van der Waals surface area (Å²) >= 11 is 0. The Bertz CT molecular complexity index is 452. The van der Waals surface area contributed by atoms with Crippen LogP contribution in [0.4, 0.5) is 5.69 Å². The summed E-state index contributed by atoms with van der Waals surface area (Å²) in [6.45, 7) is 0. The largest absolute Gasteiger partial charge is 0.479 e. The van der Waals surface area contributed by atoms with Gasteiger partial charge in [0.15, 0.2) is 5.94 Å². The SMILES string of the molecule is O=[N+]([O-])c1ccc(C2=CS(=O)CO2)cc1. The first-order valence-corrected chi connectivity index (χ1v) is 5.51. The van der Waals surface area contributed by atoms with Gasteiger partial charge < -0.3 is 4.74 Å². The maximum atomic E-state index is 11.0. The minimum Gasteiger partial charge on any atom is -0.479 e. The Kier molecular flexibility index (Phi) is 2.51. The van der Waals surface area contributed by atoms with Gasteiger partial charge in [-0.15, -0.1) is 0 Å². The highest BCUT2D eigenvalue weighted by Gasteiger charge is 2.14. The van der Waals surface area contributed by atoms with Gasteiger partial charge >= 0.3 is 0 Å². The molecule has 15 heavy (non-hydrogen) atoms. The van der Waals surface area contributed by atoms with E-state index in [1.165, 1.54) is 17.5 Å². The number of hydrogen-bond acceptors (Lipinski definition) is 4. The van der Waals surface area contributed by atoms with Gasteiger partial charge in [-0.2, -0.15) is 0 Å². The van der Waals surface area contributed by atoms with Crippen molar-refractivity contribution in [3.05, 3.63) is 45.4 Å². The van der Waals surface area contributed by atoms with E-state index >= 15 is 0 Å². The Hall–Kier alpha value is -1.69. The molecule has 0 N–H and O–H groups in total. The molecular weight excluding hydrogens is 218 g/mol. The molecule has 1 heterocycles. The van der Waals surface area contributed by atoms with Gasteiger partial charge in [-0.25, -0.2) is 0 Å². The highest BCUT2D eigenvalue weighted by Crippen LogP contribution is 2.23. The highest BCUT2D eigenvalue weighted by molar-refractivity contribution is 7.88. The average Bonchev–Trinajstić information content (AvgIpc) is 2.65. The molecular formula is C9H7NO4S. The Morgan fingerprint density at radius 1 is 1.33 bits per heavy atom. The van der Waals surface area contributed by atoms with Crippen molar-refractivity contribution in [2.24, 2.45) is 0 Å². The van der Waals surface area contributed by atoms with Gasteiger partial charge in [-0.3, -0.25) is 14.3 Å². The van der Waals surface area contributed by atoms with Crippen LogP contribution in [0.15, 0.2) is 29.7 Å². The lowest BCUT2D eigenvalue weighted by Crippen LogP contribution is -1.90. The van der Waals surface area contributed by atoms with Gasteiger partial charge in [0.1, 0.15) is 5.76 Å². The zero-order valence-electron chi connectivity index (χ0n) is 7.58. The van der Waals surface area contributed by atoms with Crippen molar-refractivity contribution < 1.29 is 13.9 Å². The molecule has 2 rings (SSSR count). The Morgan fingerprint density at radius 3 is 2.47 bits per heavy atom. The van der Waals surface area contributed by atoms with Crippen LogP contribution in [0.5, 0.6) is 0 Å². The van der Waals surface area contributed by atoms with E-state index in [2.05, 4.69) is 0 Å². The standard InChI is InChI=1S/C9H7NO4S/c11-10(12)8-3-1-7(2-4-8)9-5-15(13)6-14-9/h1-5H,6H2. The molecule has 0 saturated carbocycles. The van der Waals surface area contributed by atoms with Crippen LogP contribution in [0.3, 0.4) is 0 Å². The normalized spacial score (nSPS) is 19.5. The van der Waals surface area contributed by atoms with Crippen LogP contribution in [0, 0.1) is 10.1 Å². The second-order valence-corrected chi connectivity index (χ2v) is 4.16. The Balaban J connectivity index is 2.28. The van der Waals surface area contributed by atoms with Crippen molar-refractivity contribution in [2.45, 2.75) is 0 Å². The lowest BCUT2D eigenvalue weighted by atomic mass is 10.2. The summed E-state index contributed by atoms with van der Waals surface area (Å²) in [5, 5.41) is 11.9. The fourth-order valence-electron chi connectivity index (χ4n) is 1.21. The lowest BCUT2D eigenvalue weighted by molar-refractivity contribution is -0.384. The first kappa shape index (κ1) is 9.85. The third-order valence-electron chi connectivity index (χ3n) is 1.93. The van der Waals surface area contributed by atoms with Crippen molar-refractivity contribution in [1.82, 2.24) is 0 Å². The molecule has 0 aliphatic carbocycles. The number of benzene rings is 1. The van der Waals surface area contributed by atoms with Gasteiger partial charge in [-0.05, 0) is 12.1 Å². The van der Waals surface area contributed by atoms with Crippen molar-refractivity contribution in [2.75, 3.05) is 5.94 Å². The molecule has 0 bridgehead atoms. The van der Waals surface area contributed by atoms with Crippen molar-refractivity contribution in [1.29, 1.82) is 0 Å². The molecule has 1 unspecified atom stereocenters. The summed E-state index contributed by atoms with van der Waals surface area (Å²) < 4.78 is 16.1. The molecule has 0 saturated heterocycles. The topological polar surface area (TPSA) is 69.4 Å². The number of hydrogen-bond donors (Lipinski definition) is 0. The fourth-order valence-corrected chi connectivity index (χ4v) is 1.96. The third kappa shape index (κ3) is 2.04. The van der Waals surface area contributed by atoms with Gasteiger partial charge in [0, 0.05) is 23.1 Å². The number of nitrogens with zero attached hydrogens (tertiary/aromatic N) is 1. The molecule has 0 amide bonds. The van der Waals surface area contributed by atoms with Crippen molar-refractivity contribution >= 4 is 22.2 Å². The number of nitro benzene ring substituents is 1. The van der Waals surface area contributed by atoms with E-state index in [1.807, 2.05) is 0 Å². The zero-order chi connectivity index (χ0) is 10.8. The van der Waals surface area contributed by atoms with Gasteiger partial charge in [0.25, 0.3) is 5.69 Å². The van der Waals surface area contributed by atoms with Crippen LogP contribution in [0.25, 0.3) is 5.76 Å². The second kappa shape index (κ2) is 3.82. The zero-order valence-corrected chi connectivity index (χ0v) is 8.40. The quantitative estimate of drug-likeness (QED) is 0.566. The molecule has 78 valence electrons. The van der Waals surface area contributed by atoms with Gasteiger partial charge in [0.05, 0.1) is 15.7 Å². The monoisotopic (exact) mass is 225 g/mol. The van der Waals surface area contributed by atoms with Crippen LogP contribution in [-0.2, 0) is 15.5 Å². The van der Waals surface area contributed by atoms with E-state index in [1.54, 1.807) is 12.1 Å². The Labute approximate surface area is 88.0 Å². The lowest BCUT2D eigenvalue weighted by Gasteiger charge is -2.01. The molecule has 0 radical (unpaired) electrons. The predicted molar refractivity (Wildman–Crippen MR) is 55.2 cm³/mol. The average molecular weight is 225 g/mol. The number of rotatable bonds is 2. The van der Waals surface area contributed by atoms with Crippen molar-refractivity contribution in [3.8, 4) is 0 Å². The minimum absolute atomic E-state index is 0.0264. The molecule has 5 nitrogen and oxygen atoms in total. The number of nitro groups is 1. The van der Waals surface area contributed by atoms with E-state index in [-0.39, 0.29) is 11.6 Å². The first-order valence-electron chi connectivity index (χ1n) is 4.13. The van der Waals surface area contributed by atoms with E-state index < -0.39 is 15.7 Å². The number of non-ortho nitro benzene ring substituents is 1. The molecule has 0 spiro atoms. The van der Waals surface area contributed by atoms with E-state index in [0.29, 0.717) is 11.3 Å². The van der Waals surface area contributed by atoms with Crippen molar-refractivity contribution in [3.63, 3.8) is 0 Å². The van der Waals surface area contributed by atoms with Gasteiger partial charge in [0.2, 0.25) is 0 Å². The molecule has 1 aromatic carbocycles. The van der Waals surface area contributed by atoms with Crippen LogP contribution in [0.2, 0.25) is 0 Å².